The standard InChI is InChI=1S/C19H30N4O5/c1-8-15(11-21-23-20)22-18(26)28-19(7,16(9-2)27-14(6)24)10-13(5)17(25)12(3)4/h8,10,12,15-16H,1,9,11H2,2-7H3,(H,22,26)/b13-10+/t15-,16+,19-/m0/s1. The fourth-order valence-electron chi connectivity index (χ4n) is 2.63. The Morgan fingerprint density at radius 1 is 1.32 bits per heavy atom. The molecule has 0 saturated heterocycles. The summed E-state index contributed by atoms with van der Waals surface area (Å²) in [4.78, 5) is 38.8. The Morgan fingerprint density at radius 2 is 1.93 bits per heavy atom. The number of carbonyl (C=O) groups excluding carboxylic acids is 3. The highest BCUT2D eigenvalue weighted by Crippen LogP contribution is 2.26. The lowest BCUT2D eigenvalue weighted by molar-refractivity contribution is -0.157. The molecule has 28 heavy (non-hydrogen) atoms. The average molecular weight is 394 g/mol. The quantitative estimate of drug-likeness (QED) is 0.142. The first-order chi connectivity index (χ1) is 13.0. The Morgan fingerprint density at radius 3 is 2.36 bits per heavy atom. The van der Waals surface area contributed by atoms with Gasteiger partial charge in [0, 0.05) is 24.3 Å². The number of alkyl carbamates (subject to hydrolysis) is 1. The fraction of sp³-hybridized carbons (Fsp3) is 0.632. The molecule has 0 saturated carbocycles. The smallest absolute Gasteiger partial charge is 0.408 e. The van der Waals surface area contributed by atoms with Gasteiger partial charge in [0.2, 0.25) is 0 Å². The van der Waals surface area contributed by atoms with Gasteiger partial charge in [-0.1, -0.05) is 32.0 Å². The SMILES string of the molecule is C=C[C@@H](CN=[N+]=[N-])NC(=O)O[C@@](C)(/C=C(\C)C(=O)C(C)C)[C@@H](CC)OC(C)=O. The molecule has 0 aromatic rings. The van der Waals surface area contributed by atoms with Crippen LogP contribution >= 0.6 is 0 Å². The van der Waals surface area contributed by atoms with E-state index in [2.05, 4.69) is 21.9 Å². The molecule has 156 valence electrons. The van der Waals surface area contributed by atoms with Crippen molar-refractivity contribution in [2.24, 2.45) is 11.0 Å². The summed E-state index contributed by atoms with van der Waals surface area (Å²) in [6, 6.07) is -0.635. The molecule has 3 atom stereocenters. The number of hydrogen-bond donors (Lipinski definition) is 1. The van der Waals surface area contributed by atoms with Gasteiger partial charge in [-0.15, -0.1) is 6.58 Å². The summed E-state index contributed by atoms with van der Waals surface area (Å²) in [5.74, 6) is -0.881. The van der Waals surface area contributed by atoms with Crippen molar-refractivity contribution < 1.29 is 23.9 Å². The van der Waals surface area contributed by atoms with Gasteiger partial charge in [-0.25, -0.2) is 4.79 Å². The lowest BCUT2D eigenvalue weighted by Crippen LogP contribution is -2.48. The normalized spacial score (nSPS) is 15.5. The van der Waals surface area contributed by atoms with E-state index in [1.807, 2.05) is 0 Å². The van der Waals surface area contributed by atoms with E-state index in [0.717, 1.165) is 0 Å². The maximum Gasteiger partial charge on any atom is 0.408 e. The van der Waals surface area contributed by atoms with Gasteiger partial charge in [0.1, 0.15) is 6.10 Å². The van der Waals surface area contributed by atoms with Crippen LogP contribution in [0.25, 0.3) is 10.4 Å². The van der Waals surface area contributed by atoms with E-state index in [4.69, 9.17) is 15.0 Å². The molecule has 9 heteroatoms. The van der Waals surface area contributed by atoms with E-state index < -0.39 is 29.8 Å². The molecule has 0 bridgehead atoms. The molecule has 0 heterocycles. The number of rotatable bonds is 11. The van der Waals surface area contributed by atoms with Gasteiger partial charge >= 0.3 is 12.1 Å². The Bertz CT molecular complexity index is 667. The summed E-state index contributed by atoms with van der Waals surface area (Å²) in [5, 5.41) is 5.90. The van der Waals surface area contributed by atoms with Crippen molar-refractivity contribution in [2.75, 3.05) is 6.54 Å². The largest absolute Gasteiger partial charge is 0.458 e. The monoisotopic (exact) mass is 394 g/mol. The van der Waals surface area contributed by atoms with E-state index in [9.17, 15) is 14.4 Å². The second-order valence-corrected chi connectivity index (χ2v) is 6.83. The molecular weight excluding hydrogens is 364 g/mol. The number of hydrogen-bond acceptors (Lipinski definition) is 6. The molecule has 0 unspecified atom stereocenters. The molecule has 0 spiro atoms. The van der Waals surface area contributed by atoms with Crippen LogP contribution in [0.5, 0.6) is 0 Å². The highest BCUT2D eigenvalue weighted by atomic mass is 16.6. The van der Waals surface area contributed by atoms with E-state index >= 15 is 0 Å². The molecule has 0 aliphatic rings. The van der Waals surface area contributed by atoms with Gasteiger partial charge < -0.3 is 14.8 Å². The Balaban J connectivity index is 5.76. The number of nitrogens with one attached hydrogen (secondary N) is 1. The first-order valence-corrected chi connectivity index (χ1v) is 9.04. The zero-order valence-electron chi connectivity index (χ0n) is 17.4. The highest BCUT2D eigenvalue weighted by molar-refractivity contribution is 5.96. The predicted octanol–water partition coefficient (Wildman–Crippen LogP) is 3.85. The number of Topliss-reactive ketones (excluding diaryl/α,β-unsaturated/α-hetero) is 1. The minimum Gasteiger partial charge on any atom is -0.458 e. The zero-order valence-corrected chi connectivity index (χ0v) is 17.4. The van der Waals surface area contributed by atoms with Crippen molar-refractivity contribution in [3.63, 3.8) is 0 Å². The summed E-state index contributed by atoms with van der Waals surface area (Å²) in [7, 11) is 0. The number of azide groups is 1. The number of carbonyl (C=O) groups is 3. The van der Waals surface area contributed by atoms with Crippen molar-refractivity contribution in [1.82, 2.24) is 5.32 Å². The third kappa shape index (κ3) is 8.26. The van der Waals surface area contributed by atoms with Crippen LogP contribution in [-0.2, 0) is 19.1 Å². The lowest BCUT2D eigenvalue weighted by Gasteiger charge is -2.34. The van der Waals surface area contributed by atoms with Gasteiger partial charge in [-0.05, 0) is 37.4 Å². The van der Waals surface area contributed by atoms with Crippen molar-refractivity contribution in [3.05, 3.63) is 34.7 Å². The van der Waals surface area contributed by atoms with Gasteiger partial charge in [-0.2, -0.15) is 0 Å². The first-order valence-electron chi connectivity index (χ1n) is 9.04. The molecule has 0 rings (SSSR count). The molecule has 0 aliphatic carbocycles. The van der Waals surface area contributed by atoms with Gasteiger partial charge in [-0.3, -0.25) is 9.59 Å². The van der Waals surface area contributed by atoms with Crippen LogP contribution in [0, 0.1) is 5.92 Å². The Kier molecular flexibility index (Phi) is 10.6. The van der Waals surface area contributed by atoms with E-state index in [-0.39, 0.29) is 18.2 Å². The molecule has 0 aliphatic heterocycles. The average Bonchev–Trinajstić information content (AvgIpc) is 2.61. The van der Waals surface area contributed by atoms with Crippen LogP contribution in [0.4, 0.5) is 4.79 Å². The van der Waals surface area contributed by atoms with Crippen LogP contribution in [0.15, 0.2) is 29.4 Å². The van der Waals surface area contributed by atoms with Crippen LogP contribution in [0.3, 0.4) is 0 Å². The van der Waals surface area contributed by atoms with Gasteiger partial charge in [0.05, 0.1) is 6.04 Å². The van der Waals surface area contributed by atoms with Crippen molar-refractivity contribution in [1.29, 1.82) is 0 Å². The molecule has 1 N–H and O–H groups in total. The highest BCUT2D eigenvalue weighted by Gasteiger charge is 2.39. The van der Waals surface area contributed by atoms with Crippen LogP contribution < -0.4 is 5.32 Å². The molecule has 1 amide bonds. The molecule has 0 radical (unpaired) electrons. The number of nitrogens with zero attached hydrogens (tertiary/aromatic N) is 3. The zero-order chi connectivity index (χ0) is 21.9. The second kappa shape index (κ2) is 11.8. The molecular formula is C19H30N4O5. The number of ketones is 1. The molecule has 0 aromatic heterocycles. The molecule has 0 aromatic carbocycles. The van der Waals surface area contributed by atoms with Crippen molar-refractivity contribution >= 4 is 17.8 Å². The number of esters is 1. The maximum absolute atomic E-state index is 12.4. The predicted molar refractivity (Wildman–Crippen MR) is 105 cm³/mol. The summed E-state index contributed by atoms with van der Waals surface area (Å²) in [6.07, 6.45) is 1.63. The first kappa shape index (κ1) is 25.2. The summed E-state index contributed by atoms with van der Waals surface area (Å²) < 4.78 is 10.9. The summed E-state index contributed by atoms with van der Waals surface area (Å²) >= 11 is 0. The summed E-state index contributed by atoms with van der Waals surface area (Å²) in [5.41, 5.74) is 7.42. The third-order valence-corrected chi connectivity index (χ3v) is 3.98. The molecule has 9 nitrogen and oxygen atoms in total. The topological polar surface area (TPSA) is 130 Å². The minimum atomic E-state index is -1.39. The van der Waals surface area contributed by atoms with Crippen LogP contribution in [0.1, 0.15) is 48.0 Å². The maximum atomic E-state index is 12.4. The lowest BCUT2D eigenvalue weighted by atomic mass is 9.91. The third-order valence-electron chi connectivity index (χ3n) is 3.98. The second-order valence-electron chi connectivity index (χ2n) is 6.83. The number of ether oxygens (including phenoxy) is 2. The summed E-state index contributed by atoms with van der Waals surface area (Å²) in [6.45, 7) is 13.3. The van der Waals surface area contributed by atoms with E-state index in [0.29, 0.717) is 12.0 Å². The fourth-order valence-corrected chi connectivity index (χ4v) is 2.63. The number of allylic oxidation sites excluding steroid dienone is 1. The van der Waals surface area contributed by atoms with Crippen LogP contribution in [0.2, 0.25) is 0 Å². The van der Waals surface area contributed by atoms with Crippen LogP contribution in [-0.4, -0.2) is 42.1 Å². The van der Waals surface area contributed by atoms with E-state index in [1.165, 1.54) is 19.1 Å². The minimum absolute atomic E-state index is 0.0341. The van der Waals surface area contributed by atoms with Crippen molar-refractivity contribution in [3.8, 4) is 0 Å². The van der Waals surface area contributed by atoms with Crippen molar-refractivity contribution in [2.45, 2.75) is 65.7 Å². The van der Waals surface area contributed by atoms with Gasteiger partial charge in [0.15, 0.2) is 11.4 Å². The van der Waals surface area contributed by atoms with E-state index in [1.54, 1.807) is 34.6 Å². The Labute approximate surface area is 165 Å². The Hall–Kier alpha value is -2.80. The number of amides is 1. The molecule has 0 fully saturated rings. The van der Waals surface area contributed by atoms with Gasteiger partial charge in [0.25, 0.3) is 0 Å².